The number of aryl methyl sites for hydroxylation is 1. The third kappa shape index (κ3) is 3.83. The summed E-state index contributed by atoms with van der Waals surface area (Å²) in [5.74, 6) is 1.52. The summed E-state index contributed by atoms with van der Waals surface area (Å²) in [4.78, 5) is 28.2. The second-order valence-corrected chi connectivity index (χ2v) is 6.09. The number of H-pyrrole nitrogens is 1. The Labute approximate surface area is 161 Å². The number of benzene rings is 1. The van der Waals surface area contributed by atoms with E-state index in [4.69, 9.17) is 15.9 Å². The van der Waals surface area contributed by atoms with Gasteiger partial charge in [-0.2, -0.15) is 5.10 Å². The van der Waals surface area contributed by atoms with E-state index in [1.165, 1.54) is 18.0 Å². The molecule has 0 aliphatic rings. The van der Waals surface area contributed by atoms with Gasteiger partial charge >= 0.3 is 5.97 Å². The lowest BCUT2D eigenvalue weighted by Crippen LogP contribution is -2.43. The maximum absolute atomic E-state index is 12.8. The zero-order chi connectivity index (χ0) is 20.1. The SMILES string of the molecule is C#CCOc1c(C(=O)N[C@@H](Cc2c[nH]c3ccccc23)C(=O)OC)cnn1C. The van der Waals surface area contributed by atoms with E-state index in [1.54, 1.807) is 7.05 Å². The molecule has 28 heavy (non-hydrogen) atoms. The highest BCUT2D eigenvalue weighted by atomic mass is 16.5. The largest absolute Gasteiger partial charge is 0.467 e. The first-order valence-electron chi connectivity index (χ1n) is 8.57. The molecule has 0 radical (unpaired) electrons. The lowest BCUT2D eigenvalue weighted by Gasteiger charge is -2.16. The van der Waals surface area contributed by atoms with Crippen LogP contribution in [0.1, 0.15) is 15.9 Å². The predicted molar refractivity (Wildman–Crippen MR) is 103 cm³/mol. The summed E-state index contributed by atoms with van der Waals surface area (Å²) in [5, 5.41) is 7.70. The number of ether oxygens (including phenoxy) is 2. The van der Waals surface area contributed by atoms with Crippen LogP contribution >= 0.6 is 0 Å². The van der Waals surface area contributed by atoms with Gasteiger partial charge in [0.2, 0.25) is 5.88 Å². The Bertz CT molecular complexity index is 1040. The van der Waals surface area contributed by atoms with Crippen LogP contribution in [-0.2, 0) is 23.0 Å². The van der Waals surface area contributed by atoms with E-state index in [0.717, 1.165) is 16.5 Å². The predicted octanol–water partition coefficient (Wildman–Crippen LogP) is 1.43. The number of carbonyl (C=O) groups is 2. The summed E-state index contributed by atoms with van der Waals surface area (Å²) in [5.41, 5.74) is 2.02. The minimum Gasteiger partial charge on any atom is -0.467 e. The molecule has 3 rings (SSSR count). The normalized spacial score (nSPS) is 11.6. The van der Waals surface area contributed by atoms with Crippen LogP contribution in [0.15, 0.2) is 36.7 Å². The van der Waals surface area contributed by atoms with Gasteiger partial charge < -0.3 is 19.8 Å². The molecule has 2 heterocycles. The molecule has 0 aliphatic carbocycles. The van der Waals surface area contributed by atoms with Crippen molar-refractivity contribution >= 4 is 22.8 Å². The van der Waals surface area contributed by atoms with Crippen LogP contribution in [0.25, 0.3) is 10.9 Å². The number of nitrogens with zero attached hydrogens (tertiary/aromatic N) is 2. The number of hydrogen-bond donors (Lipinski definition) is 2. The van der Waals surface area contributed by atoms with Gasteiger partial charge in [0.05, 0.1) is 13.3 Å². The van der Waals surface area contributed by atoms with Crippen LogP contribution in [0.3, 0.4) is 0 Å². The lowest BCUT2D eigenvalue weighted by molar-refractivity contribution is -0.142. The molecule has 1 atom stereocenters. The number of amides is 1. The van der Waals surface area contributed by atoms with Gasteiger partial charge in [0.15, 0.2) is 6.61 Å². The number of aromatic nitrogens is 3. The summed E-state index contributed by atoms with van der Waals surface area (Å²) < 4.78 is 11.7. The van der Waals surface area contributed by atoms with Crippen molar-refractivity contribution in [3.8, 4) is 18.2 Å². The highest BCUT2D eigenvalue weighted by Gasteiger charge is 2.26. The van der Waals surface area contributed by atoms with Crippen molar-refractivity contribution in [2.45, 2.75) is 12.5 Å². The molecular weight excluding hydrogens is 360 g/mol. The number of hydrogen-bond acceptors (Lipinski definition) is 5. The second-order valence-electron chi connectivity index (χ2n) is 6.09. The molecule has 2 aromatic heterocycles. The Morgan fingerprint density at radius 2 is 2.18 bits per heavy atom. The average molecular weight is 380 g/mol. The van der Waals surface area contributed by atoms with Gasteiger partial charge in [-0.05, 0) is 11.6 Å². The van der Waals surface area contributed by atoms with Crippen molar-refractivity contribution in [3.05, 3.63) is 47.8 Å². The van der Waals surface area contributed by atoms with Crippen LogP contribution in [0.4, 0.5) is 0 Å². The fourth-order valence-corrected chi connectivity index (χ4v) is 2.96. The van der Waals surface area contributed by atoms with Crippen LogP contribution in [0.5, 0.6) is 5.88 Å². The van der Waals surface area contributed by atoms with Gasteiger partial charge in [-0.1, -0.05) is 24.1 Å². The van der Waals surface area contributed by atoms with E-state index in [-0.39, 0.29) is 24.5 Å². The Kier molecular flexibility index (Phi) is 5.65. The van der Waals surface area contributed by atoms with Crippen LogP contribution in [-0.4, -0.2) is 46.4 Å². The zero-order valence-corrected chi connectivity index (χ0v) is 15.6. The maximum Gasteiger partial charge on any atom is 0.328 e. The molecule has 144 valence electrons. The number of para-hydroxylation sites is 1. The molecule has 0 spiro atoms. The number of aromatic amines is 1. The van der Waals surface area contributed by atoms with Crippen molar-refractivity contribution in [2.75, 3.05) is 13.7 Å². The van der Waals surface area contributed by atoms with Gasteiger partial charge in [0, 0.05) is 30.6 Å². The van der Waals surface area contributed by atoms with Crippen LogP contribution in [0, 0.1) is 12.3 Å². The molecule has 1 amide bonds. The lowest BCUT2D eigenvalue weighted by atomic mass is 10.0. The van der Waals surface area contributed by atoms with E-state index in [2.05, 4.69) is 21.3 Å². The van der Waals surface area contributed by atoms with Gasteiger partial charge in [0.25, 0.3) is 5.91 Å². The molecule has 2 N–H and O–H groups in total. The number of terminal acetylenes is 1. The molecule has 0 saturated carbocycles. The van der Waals surface area contributed by atoms with E-state index < -0.39 is 17.9 Å². The van der Waals surface area contributed by atoms with Crippen LogP contribution < -0.4 is 10.1 Å². The summed E-state index contributed by atoms with van der Waals surface area (Å²) in [7, 11) is 2.91. The number of nitrogens with one attached hydrogen (secondary N) is 2. The highest BCUT2D eigenvalue weighted by Crippen LogP contribution is 2.21. The summed E-state index contributed by atoms with van der Waals surface area (Å²) in [6.07, 6.45) is 8.66. The van der Waals surface area contributed by atoms with Crippen molar-refractivity contribution in [3.63, 3.8) is 0 Å². The van der Waals surface area contributed by atoms with Crippen molar-refractivity contribution in [2.24, 2.45) is 7.05 Å². The Morgan fingerprint density at radius 1 is 1.39 bits per heavy atom. The van der Waals surface area contributed by atoms with E-state index in [1.807, 2.05) is 30.5 Å². The smallest absolute Gasteiger partial charge is 0.328 e. The maximum atomic E-state index is 12.8. The number of rotatable bonds is 7. The first-order chi connectivity index (χ1) is 13.5. The number of fused-ring (bicyclic) bond motifs is 1. The Hall–Kier alpha value is -3.73. The second kappa shape index (κ2) is 8.31. The molecule has 0 fully saturated rings. The molecule has 0 bridgehead atoms. The minimum atomic E-state index is -0.877. The fraction of sp³-hybridized carbons (Fsp3) is 0.250. The van der Waals surface area contributed by atoms with Crippen LogP contribution in [0.2, 0.25) is 0 Å². The minimum absolute atomic E-state index is 0.00438. The third-order valence-corrected chi connectivity index (χ3v) is 4.31. The summed E-state index contributed by atoms with van der Waals surface area (Å²) >= 11 is 0. The average Bonchev–Trinajstić information content (AvgIpc) is 3.28. The van der Waals surface area contributed by atoms with Gasteiger partial charge in [-0.25, -0.2) is 9.48 Å². The first-order valence-corrected chi connectivity index (χ1v) is 8.57. The molecule has 8 heteroatoms. The number of carbonyl (C=O) groups excluding carboxylic acids is 2. The standard InChI is InChI=1S/C20H20N4O4/c1-4-9-28-19-15(12-22-24(19)2)18(25)23-17(20(26)27-3)10-13-11-21-16-8-6-5-7-14(13)16/h1,5-8,11-12,17,21H,9-10H2,2-3H3,(H,23,25)/t17-/m0/s1. The molecular formula is C20H20N4O4. The van der Waals surface area contributed by atoms with Crippen molar-refractivity contribution in [1.82, 2.24) is 20.1 Å². The molecule has 1 aromatic carbocycles. The topological polar surface area (TPSA) is 98.2 Å². The quantitative estimate of drug-likeness (QED) is 0.477. The fourth-order valence-electron chi connectivity index (χ4n) is 2.96. The summed E-state index contributed by atoms with van der Waals surface area (Å²) in [6.45, 7) is -0.00438. The van der Waals surface area contributed by atoms with E-state index in [9.17, 15) is 9.59 Å². The van der Waals surface area contributed by atoms with Gasteiger partial charge in [-0.15, -0.1) is 6.42 Å². The molecule has 8 nitrogen and oxygen atoms in total. The third-order valence-electron chi connectivity index (χ3n) is 4.31. The van der Waals surface area contributed by atoms with E-state index >= 15 is 0 Å². The van der Waals surface area contributed by atoms with E-state index in [0.29, 0.717) is 0 Å². The van der Waals surface area contributed by atoms with Crippen molar-refractivity contribution in [1.29, 1.82) is 0 Å². The monoisotopic (exact) mass is 380 g/mol. The Balaban J connectivity index is 1.83. The van der Waals surface area contributed by atoms with Gasteiger partial charge in [0.1, 0.15) is 11.6 Å². The first kappa shape index (κ1) is 19.0. The highest BCUT2D eigenvalue weighted by molar-refractivity contribution is 5.98. The molecule has 0 unspecified atom stereocenters. The van der Waals surface area contributed by atoms with Gasteiger partial charge in [-0.3, -0.25) is 4.79 Å². The summed E-state index contributed by atoms with van der Waals surface area (Å²) in [6, 6.07) is 6.84. The molecule has 0 aliphatic heterocycles. The number of esters is 1. The zero-order valence-electron chi connectivity index (χ0n) is 15.6. The molecule has 0 saturated heterocycles. The Morgan fingerprint density at radius 3 is 2.93 bits per heavy atom. The molecule has 3 aromatic rings. The number of methoxy groups -OCH3 is 1. The van der Waals surface area contributed by atoms with Crippen molar-refractivity contribution < 1.29 is 19.1 Å².